The number of para-hydroxylation sites is 1. The number of anilines is 1. The molecule has 7 nitrogen and oxygen atoms in total. The van der Waals surface area contributed by atoms with E-state index in [-0.39, 0.29) is 0 Å². The smallest absolute Gasteiger partial charge is 0.210 e. The van der Waals surface area contributed by atoms with E-state index in [0.29, 0.717) is 18.9 Å². The van der Waals surface area contributed by atoms with E-state index in [1.165, 1.54) is 0 Å². The van der Waals surface area contributed by atoms with Crippen LogP contribution in [0, 0.1) is 0 Å². The number of nitrogens with zero attached hydrogens (tertiary/aromatic N) is 4. The summed E-state index contributed by atoms with van der Waals surface area (Å²) in [4.78, 5) is 8.46. The van der Waals surface area contributed by atoms with Crippen molar-refractivity contribution in [3.05, 3.63) is 42.5 Å². The fraction of sp³-hybridized carbons (Fsp3) is 0.250. The van der Waals surface area contributed by atoms with E-state index < -0.39 is 0 Å². The molecule has 0 aliphatic rings. The quantitative estimate of drug-likeness (QED) is 0.317. The third-order valence-electron chi connectivity index (χ3n) is 2.43. The molecule has 0 spiro atoms. The molecule has 2 aromatic rings. The fourth-order valence-electron chi connectivity index (χ4n) is 1.55. The molecular weight excluding hydrogens is 242 g/mol. The second kappa shape index (κ2) is 6.50. The lowest BCUT2D eigenvalue weighted by molar-refractivity contribution is 0.738. The molecule has 0 amide bonds. The first-order valence-corrected chi connectivity index (χ1v) is 5.95. The molecule has 0 fully saturated rings. The van der Waals surface area contributed by atoms with Crippen molar-refractivity contribution < 1.29 is 0 Å². The summed E-state index contributed by atoms with van der Waals surface area (Å²) in [5.41, 5.74) is 3.46. The van der Waals surface area contributed by atoms with E-state index >= 15 is 0 Å². The van der Waals surface area contributed by atoms with E-state index in [2.05, 4.69) is 25.8 Å². The molecule has 100 valence electrons. The van der Waals surface area contributed by atoms with Crippen LogP contribution in [0.5, 0.6) is 0 Å². The van der Waals surface area contributed by atoms with Crippen molar-refractivity contribution in [2.45, 2.75) is 6.42 Å². The molecule has 0 saturated heterocycles. The highest BCUT2D eigenvalue weighted by Crippen LogP contribution is 2.04. The number of aryl methyl sites for hydroxylation is 1. The highest BCUT2D eigenvalue weighted by molar-refractivity contribution is 5.93. The largest absolute Gasteiger partial charge is 0.325 e. The van der Waals surface area contributed by atoms with Crippen LogP contribution >= 0.6 is 0 Å². The lowest BCUT2D eigenvalue weighted by Gasteiger charge is -2.08. The fourth-order valence-corrected chi connectivity index (χ4v) is 1.55. The van der Waals surface area contributed by atoms with Crippen LogP contribution in [-0.4, -0.2) is 27.3 Å². The Morgan fingerprint density at radius 2 is 2.16 bits per heavy atom. The summed E-state index contributed by atoms with van der Waals surface area (Å²) in [6.07, 6.45) is 2.34. The van der Waals surface area contributed by atoms with Gasteiger partial charge in [0.25, 0.3) is 0 Å². The topological polar surface area (TPSA) is 93.2 Å². The summed E-state index contributed by atoms with van der Waals surface area (Å²) >= 11 is 0. The Hall–Kier alpha value is -2.41. The van der Waals surface area contributed by atoms with E-state index in [4.69, 9.17) is 5.84 Å². The molecule has 4 N–H and O–H groups in total. The first kappa shape index (κ1) is 13.0. The number of nitrogens with two attached hydrogens (primary N) is 1. The summed E-state index contributed by atoms with van der Waals surface area (Å²) in [7, 11) is 1.84. The molecule has 0 radical (unpaired) electrons. The minimum Gasteiger partial charge on any atom is -0.325 e. The molecular formula is C12H17N7. The normalized spacial score (nSPS) is 11.4. The van der Waals surface area contributed by atoms with Crippen molar-refractivity contribution >= 4 is 11.6 Å². The molecule has 7 heteroatoms. The summed E-state index contributed by atoms with van der Waals surface area (Å²) in [6.45, 7) is 0.559. The Bertz CT molecular complexity index is 532. The average molecular weight is 259 g/mol. The van der Waals surface area contributed by atoms with Crippen molar-refractivity contribution in [2.75, 3.05) is 11.9 Å². The molecule has 1 aromatic carbocycles. The number of hydrogen-bond donors (Lipinski definition) is 3. The van der Waals surface area contributed by atoms with Crippen LogP contribution in [0.3, 0.4) is 0 Å². The van der Waals surface area contributed by atoms with Gasteiger partial charge in [-0.05, 0) is 12.1 Å². The number of guanidine groups is 1. The third kappa shape index (κ3) is 4.07. The lowest BCUT2D eigenvalue weighted by Crippen LogP contribution is -2.36. The van der Waals surface area contributed by atoms with Gasteiger partial charge < -0.3 is 5.32 Å². The Balaban J connectivity index is 1.88. The summed E-state index contributed by atoms with van der Waals surface area (Å²) in [5.74, 6) is 6.71. The Morgan fingerprint density at radius 3 is 2.79 bits per heavy atom. The number of nitrogens with one attached hydrogen (secondary N) is 2. The molecule has 19 heavy (non-hydrogen) atoms. The molecule has 1 aromatic heterocycles. The van der Waals surface area contributed by atoms with Gasteiger partial charge in [0.15, 0.2) is 5.82 Å². The highest BCUT2D eigenvalue weighted by atomic mass is 15.3. The van der Waals surface area contributed by atoms with E-state index in [1.807, 2.05) is 37.4 Å². The number of hydrazine groups is 1. The zero-order valence-corrected chi connectivity index (χ0v) is 10.7. The zero-order chi connectivity index (χ0) is 13.5. The van der Waals surface area contributed by atoms with Crippen molar-refractivity contribution in [1.29, 1.82) is 0 Å². The maximum absolute atomic E-state index is 5.43. The van der Waals surface area contributed by atoms with Gasteiger partial charge in [0.1, 0.15) is 6.33 Å². The monoisotopic (exact) mass is 259 g/mol. The van der Waals surface area contributed by atoms with Crippen molar-refractivity contribution in [3.8, 4) is 0 Å². The Kier molecular flexibility index (Phi) is 4.46. The second-order valence-electron chi connectivity index (χ2n) is 3.95. The first-order valence-electron chi connectivity index (χ1n) is 5.95. The molecule has 2 rings (SSSR count). The van der Waals surface area contributed by atoms with Crippen molar-refractivity contribution in [1.82, 2.24) is 20.2 Å². The van der Waals surface area contributed by atoms with Crippen LogP contribution in [0.4, 0.5) is 5.69 Å². The van der Waals surface area contributed by atoms with Crippen LogP contribution in [0.1, 0.15) is 5.82 Å². The number of aromatic nitrogens is 3. The van der Waals surface area contributed by atoms with Crippen LogP contribution in [-0.2, 0) is 13.5 Å². The summed E-state index contributed by atoms with van der Waals surface area (Å²) < 4.78 is 1.67. The molecule has 0 bridgehead atoms. The SMILES string of the molecule is Cn1cnc(CCN=C(NN)Nc2ccccc2)n1. The van der Waals surface area contributed by atoms with E-state index in [1.54, 1.807) is 11.0 Å². The predicted octanol–water partition coefficient (Wildman–Crippen LogP) is 0.289. The highest BCUT2D eigenvalue weighted by Gasteiger charge is 2.00. The van der Waals surface area contributed by atoms with Gasteiger partial charge in [-0.25, -0.2) is 10.8 Å². The van der Waals surface area contributed by atoms with Gasteiger partial charge in [0, 0.05) is 25.7 Å². The number of aliphatic imine (C=N–C) groups is 1. The maximum Gasteiger partial charge on any atom is 0.210 e. The van der Waals surface area contributed by atoms with Crippen LogP contribution < -0.4 is 16.6 Å². The first-order chi connectivity index (χ1) is 9.28. The Morgan fingerprint density at radius 1 is 1.37 bits per heavy atom. The molecule has 0 saturated carbocycles. The predicted molar refractivity (Wildman–Crippen MR) is 74.4 cm³/mol. The van der Waals surface area contributed by atoms with E-state index in [9.17, 15) is 0 Å². The lowest BCUT2D eigenvalue weighted by atomic mass is 10.3. The standard InChI is InChI=1S/C12H17N7/c1-19-9-15-11(18-19)7-8-14-12(17-13)16-10-5-3-2-4-6-10/h2-6,9H,7-8,13H2,1H3,(H2,14,16,17). The maximum atomic E-state index is 5.43. The third-order valence-corrected chi connectivity index (χ3v) is 2.43. The van der Waals surface area contributed by atoms with Gasteiger partial charge in [0.2, 0.25) is 5.96 Å². The second-order valence-corrected chi connectivity index (χ2v) is 3.95. The molecule has 0 aliphatic carbocycles. The minimum absolute atomic E-state index is 0.516. The Labute approximate surface area is 111 Å². The van der Waals surface area contributed by atoms with Crippen LogP contribution in [0.25, 0.3) is 0 Å². The van der Waals surface area contributed by atoms with E-state index in [0.717, 1.165) is 11.5 Å². The number of benzene rings is 1. The number of rotatable bonds is 4. The van der Waals surface area contributed by atoms with Gasteiger partial charge in [-0.1, -0.05) is 18.2 Å². The zero-order valence-electron chi connectivity index (χ0n) is 10.7. The van der Waals surface area contributed by atoms with Gasteiger partial charge in [-0.3, -0.25) is 15.1 Å². The summed E-state index contributed by atoms with van der Waals surface area (Å²) in [6, 6.07) is 9.70. The van der Waals surface area contributed by atoms with Crippen LogP contribution in [0.15, 0.2) is 41.7 Å². The molecule has 0 aliphatic heterocycles. The average Bonchev–Trinajstić information content (AvgIpc) is 2.84. The molecule has 1 heterocycles. The summed E-state index contributed by atoms with van der Waals surface area (Å²) in [5, 5.41) is 7.27. The van der Waals surface area contributed by atoms with Gasteiger partial charge in [-0.15, -0.1) is 0 Å². The van der Waals surface area contributed by atoms with Crippen molar-refractivity contribution in [3.63, 3.8) is 0 Å². The van der Waals surface area contributed by atoms with Gasteiger partial charge in [0.05, 0.1) is 0 Å². The van der Waals surface area contributed by atoms with Crippen molar-refractivity contribution in [2.24, 2.45) is 17.9 Å². The molecule has 0 unspecified atom stereocenters. The molecule has 0 atom stereocenters. The van der Waals surface area contributed by atoms with Gasteiger partial charge in [-0.2, -0.15) is 5.10 Å². The van der Waals surface area contributed by atoms with Gasteiger partial charge >= 0.3 is 0 Å². The van der Waals surface area contributed by atoms with Crippen LogP contribution in [0.2, 0.25) is 0 Å². The minimum atomic E-state index is 0.516. The number of hydrogen-bond acceptors (Lipinski definition) is 4.